The summed E-state index contributed by atoms with van der Waals surface area (Å²) >= 11 is 1.79. The number of thiophene rings is 1. The molecular weight excluding hydrogens is 256 g/mol. The second kappa shape index (κ2) is 7.65. The zero-order chi connectivity index (χ0) is 14.4. The quantitative estimate of drug-likeness (QED) is 0.753. The minimum absolute atomic E-state index is 0.107. The number of carbonyl (C=O) groups is 1. The maximum absolute atomic E-state index is 11.9. The number of amides is 1. The van der Waals surface area contributed by atoms with E-state index in [0.717, 1.165) is 13.0 Å². The molecule has 0 bridgehead atoms. The molecule has 0 aliphatic heterocycles. The van der Waals surface area contributed by atoms with Crippen LogP contribution in [0.2, 0.25) is 0 Å². The van der Waals surface area contributed by atoms with Gasteiger partial charge >= 0.3 is 0 Å². The fourth-order valence-corrected chi connectivity index (χ4v) is 3.13. The van der Waals surface area contributed by atoms with Crippen molar-refractivity contribution in [1.29, 1.82) is 0 Å². The van der Waals surface area contributed by atoms with Crippen molar-refractivity contribution < 1.29 is 4.79 Å². The monoisotopic (exact) mass is 282 g/mol. The average molecular weight is 282 g/mol. The lowest BCUT2D eigenvalue weighted by Crippen LogP contribution is -2.29. The van der Waals surface area contributed by atoms with Gasteiger partial charge in [0.2, 0.25) is 5.91 Å². The third kappa shape index (κ3) is 5.74. The summed E-state index contributed by atoms with van der Waals surface area (Å²) in [4.78, 5) is 14.5. The normalized spacial score (nSPS) is 12.7. The summed E-state index contributed by atoms with van der Waals surface area (Å²) < 4.78 is 0. The van der Waals surface area contributed by atoms with Gasteiger partial charge in [-0.2, -0.15) is 0 Å². The van der Waals surface area contributed by atoms with Crippen molar-refractivity contribution in [3.63, 3.8) is 0 Å². The van der Waals surface area contributed by atoms with Crippen LogP contribution in [-0.4, -0.2) is 18.5 Å². The zero-order valence-electron chi connectivity index (χ0n) is 12.7. The van der Waals surface area contributed by atoms with Gasteiger partial charge in [0, 0.05) is 22.2 Å². The first kappa shape index (κ1) is 16.2. The minimum atomic E-state index is 0.107. The van der Waals surface area contributed by atoms with Gasteiger partial charge in [-0.15, -0.1) is 11.3 Å². The van der Waals surface area contributed by atoms with Gasteiger partial charge in [0.25, 0.3) is 0 Å². The minimum Gasteiger partial charge on any atom is -0.350 e. The van der Waals surface area contributed by atoms with Crippen molar-refractivity contribution in [2.75, 3.05) is 6.54 Å². The van der Waals surface area contributed by atoms with Crippen LogP contribution in [0.5, 0.6) is 0 Å². The van der Waals surface area contributed by atoms with E-state index in [1.807, 2.05) is 0 Å². The second-order valence-electron chi connectivity index (χ2n) is 5.37. The Hall–Kier alpha value is -0.870. The predicted molar refractivity (Wildman–Crippen MR) is 82.7 cm³/mol. The van der Waals surface area contributed by atoms with Crippen molar-refractivity contribution in [2.24, 2.45) is 0 Å². The van der Waals surface area contributed by atoms with Gasteiger partial charge < -0.3 is 10.6 Å². The molecule has 108 valence electrons. The van der Waals surface area contributed by atoms with Crippen LogP contribution in [0.1, 0.15) is 55.0 Å². The molecular formula is C15H26N2OS. The molecule has 0 saturated heterocycles. The Labute approximate surface area is 120 Å². The molecule has 1 aromatic rings. The third-order valence-electron chi connectivity index (χ3n) is 3.06. The summed E-state index contributed by atoms with van der Waals surface area (Å²) in [7, 11) is 0. The topological polar surface area (TPSA) is 41.1 Å². The van der Waals surface area contributed by atoms with Crippen molar-refractivity contribution in [3.05, 3.63) is 21.4 Å². The molecule has 0 saturated carbocycles. The van der Waals surface area contributed by atoms with Crippen LogP contribution in [0.4, 0.5) is 0 Å². The molecule has 0 fully saturated rings. The predicted octanol–water partition coefficient (Wildman–Crippen LogP) is 3.32. The molecule has 2 N–H and O–H groups in total. The Morgan fingerprint density at radius 2 is 2.00 bits per heavy atom. The van der Waals surface area contributed by atoms with Crippen molar-refractivity contribution in [3.8, 4) is 0 Å². The van der Waals surface area contributed by atoms with Crippen LogP contribution in [0, 0.1) is 13.8 Å². The maximum atomic E-state index is 11.9. The van der Waals surface area contributed by atoms with Gasteiger partial charge in [0.15, 0.2) is 0 Å². The van der Waals surface area contributed by atoms with E-state index in [1.54, 1.807) is 11.3 Å². The van der Waals surface area contributed by atoms with Gasteiger partial charge in [-0.05, 0) is 45.4 Å². The van der Waals surface area contributed by atoms with Gasteiger partial charge in [-0.25, -0.2) is 0 Å². The lowest BCUT2D eigenvalue weighted by molar-refractivity contribution is -0.121. The van der Waals surface area contributed by atoms with E-state index in [0.29, 0.717) is 12.5 Å². The summed E-state index contributed by atoms with van der Waals surface area (Å²) in [6.07, 6.45) is 1.48. The van der Waals surface area contributed by atoms with Crippen LogP contribution in [0.15, 0.2) is 6.07 Å². The van der Waals surface area contributed by atoms with E-state index in [9.17, 15) is 4.79 Å². The Bertz CT molecular complexity index is 412. The molecule has 0 aliphatic carbocycles. The van der Waals surface area contributed by atoms with E-state index in [2.05, 4.69) is 51.3 Å². The van der Waals surface area contributed by atoms with E-state index < -0.39 is 0 Å². The summed E-state index contributed by atoms with van der Waals surface area (Å²) in [5.41, 5.74) is 1.25. The van der Waals surface area contributed by atoms with Crippen molar-refractivity contribution >= 4 is 17.2 Å². The van der Waals surface area contributed by atoms with Gasteiger partial charge in [0.1, 0.15) is 0 Å². The molecule has 1 amide bonds. The highest BCUT2D eigenvalue weighted by atomic mass is 32.1. The molecule has 0 radical (unpaired) electrons. The van der Waals surface area contributed by atoms with Gasteiger partial charge in [-0.1, -0.05) is 13.8 Å². The van der Waals surface area contributed by atoms with Crippen molar-refractivity contribution in [2.45, 2.75) is 59.5 Å². The molecule has 1 atom stereocenters. The summed E-state index contributed by atoms with van der Waals surface area (Å²) in [5, 5.41) is 6.40. The van der Waals surface area contributed by atoms with E-state index in [1.165, 1.54) is 15.3 Å². The SMILES string of the molecule is Cc1cc(C(C)NC(=O)CCCNC(C)C)c(C)s1. The fourth-order valence-electron chi connectivity index (χ4n) is 2.11. The standard InChI is InChI=1S/C15H26N2OS/c1-10(2)16-8-6-7-15(18)17-12(4)14-9-11(3)19-13(14)5/h9-10,12,16H,6-8H2,1-5H3,(H,17,18). The number of nitrogens with one attached hydrogen (secondary N) is 2. The molecule has 1 aromatic heterocycles. The fraction of sp³-hybridized carbons (Fsp3) is 0.667. The highest BCUT2D eigenvalue weighted by molar-refractivity contribution is 7.12. The van der Waals surface area contributed by atoms with Gasteiger partial charge in [0.05, 0.1) is 6.04 Å². The Morgan fingerprint density at radius 1 is 1.32 bits per heavy atom. The lowest BCUT2D eigenvalue weighted by atomic mass is 10.1. The average Bonchev–Trinajstić information content (AvgIpc) is 2.64. The molecule has 0 aromatic carbocycles. The molecule has 1 heterocycles. The Balaban J connectivity index is 2.34. The summed E-state index contributed by atoms with van der Waals surface area (Å²) in [6.45, 7) is 11.4. The van der Waals surface area contributed by atoms with E-state index in [-0.39, 0.29) is 11.9 Å². The smallest absolute Gasteiger partial charge is 0.220 e. The number of carbonyl (C=O) groups excluding carboxylic acids is 1. The molecule has 1 rings (SSSR count). The first-order valence-electron chi connectivity index (χ1n) is 6.99. The van der Waals surface area contributed by atoms with Crippen LogP contribution >= 0.6 is 11.3 Å². The van der Waals surface area contributed by atoms with Gasteiger partial charge in [-0.3, -0.25) is 4.79 Å². The third-order valence-corrected chi connectivity index (χ3v) is 4.04. The highest BCUT2D eigenvalue weighted by Crippen LogP contribution is 2.26. The molecule has 19 heavy (non-hydrogen) atoms. The van der Waals surface area contributed by atoms with Crippen LogP contribution in [0.25, 0.3) is 0 Å². The summed E-state index contributed by atoms with van der Waals surface area (Å²) in [5.74, 6) is 0.140. The second-order valence-corrected chi connectivity index (χ2v) is 6.83. The highest BCUT2D eigenvalue weighted by Gasteiger charge is 2.13. The largest absolute Gasteiger partial charge is 0.350 e. The van der Waals surface area contributed by atoms with E-state index >= 15 is 0 Å². The number of hydrogen-bond donors (Lipinski definition) is 2. The molecule has 3 nitrogen and oxygen atoms in total. The number of rotatable bonds is 7. The Kier molecular flexibility index (Phi) is 6.52. The van der Waals surface area contributed by atoms with Crippen LogP contribution < -0.4 is 10.6 Å². The summed E-state index contributed by atoms with van der Waals surface area (Å²) in [6, 6.07) is 2.76. The maximum Gasteiger partial charge on any atom is 0.220 e. The molecule has 1 unspecified atom stereocenters. The first-order valence-corrected chi connectivity index (χ1v) is 7.81. The molecule has 0 aliphatic rings. The van der Waals surface area contributed by atoms with E-state index in [4.69, 9.17) is 0 Å². The first-order chi connectivity index (χ1) is 8.90. The number of aryl methyl sites for hydroxylation is 2. The zero-order valence-corrected chi connectivity index (χ0v) is 13.5. The Morgan fingerprint density at radius 3 is 2.53 bits per heavy atom. The molecule has 0 spiro atoms. The van der Waals surface area contributed by atoms with Crippen LogP contribution in [0.3, 0.4) is 0 Å². The van der Waals surface area contributed by atoms with Crippen molar-refractivity contribution in [1.82, 2.24) is 10.6 Å². The number of hydrogen-bond acceptors (Lipinski definition) is 3. The molecule has 4 heteroatoms. The lowest BCUT2D eigenvalue weighted by Gasteiger charge is -2.14. The van der Waals surface area contributed by atoms with Crippen LogP contribution in [-0.2, 0) is 4.79 Å².